The van der Waals surface area contributed by atoms with Crippen LogP contribution in [0.3, 0.4) is 0 Å². The van der Waals surface area contributed by atoms with E-state index in [9.17, 15) is 0 Å². The van der Waals surface area contributed by atoms with Crippen LogP contribution in [0.5, 0.6) is 0 Å². The Balaban J connectivity index is 0.00000196. The minimum Gasteiger partial charge on any atom is -0.400 e. The molecule has 2 aromatic carbocycles. The summed E-state index contributed by atoms with van der Waals surface area (Å²) in [5, 5.41) is 2.29. The van der Waals surface area contributed by atoms with E-state index in [2.05, 4.69) is 56.9 Å². The van der Waals surface area contributed by atoms with Gasteiger partial charge in [-0.15, -0.1) is 35.3 Å². The average molecular weight is 522 g/mol. The first-order valence-electron chi connectivity index (χ1n) is 8.59. The number of aromatic nitrogens is 1. The summed E-state index contributed by atoms with van der Waals surface area (Å²) in [7, 11) is -0.381. The third-order valence-electron chi connectivity index (χ3n) is 5.28. The van der Waals surface area contributed by atoms with E-state index in [1.807, 2.05) is 36.5 Å². The number of nitrogens with zero attached hydrogens (tertiary/aromatic N) is 1. The van der Waals surface area contributed by atoms with E-state index in [1.54, 1.807) is 0 Å². The van der Waals surface area contributed by atoms with Crippen LogP contribution in [0.25, 0.3) is 22.0 Å². The first-order valence-corrected chi connectivity index (χ1v) is 8.59. The normalized spacial score (nSPS) is 17.9. The number of benzene rings is 2. The van der Waals surface area contributed by atoms with Gasteiger partial charge in [0.15, 0.2) is 0 Å². The van der Waals surface area contributed by atoms with Crippen molar-refractivity contribution in [2.45, 2.75) is 38.9 Å². The van der Waals surface area contributed by atoms with Crippen LogP contribution < -0.4 is 5.46 Å². The number of hydrogen-bond acceptors (Lipinski definition) is 3. The Morgan fingerprint density at radius 3 is 2.38 bits per heavy atom. The number of fused-ring (bicyclic) bond motifs is 1. The molecule has 3 nitrogen and oxygen atoms in total. The van der Waals surface area contributed by atoms with E-state index < -0.39 is 0 Å². The molecule has 1 aromatic heterocycles. The summed E-state index contributed by atoms with van der Waals surface area (Å²) < 4.78 is 12.3. The van der Waals surface area contributed by atoms with Gasteiger partial charge in [0, 0.05) is 26.3 Å². The summed E-state index contributed by atoms with van der Waals surface area (Å²) in [4.78, 5) is 4.59. The predicted octanol–water partition coefficient (Wildman–Crippen LogP) is 4.00. The molecule has 0 aliphatic carbocycles. The van der Waals surface area contributed by atoms with Gasteiger partial charge in [0.2, 0.25) is 0 Å². The molecular weight excluding hydrogens is 501 g/mol. The zero-order chi connectivity index (χ0) is 17.7. The Morgan fingerprint density at radius 1 is 0.962 bits per heavy atom. The van der Waals surface area contributed by atoms with Gasteiger partial charge in [-0.1, -0.05) is 24.3 Å². The molecule has 135 valence electrons. The summed E-state index contributed by atoms with van der Waals surface area (Å²) >= 11 is 0. The molecule has 0 saturated carbocycles. The second kappa shape index (κ2) is 6.90. The number of pyridine rings is 1. The largest absolute Gasteiger partial charge is 0.475 e. The Labute approximate surface area is 168 Å². The fraction of sp³-hybridized carbons (Fsp3) is 0.286. The van der Waals surface area contributed by atoms with Crippen LogP contribution in [0, 0.1) is 6.07 Å². The SMILES string of the molecule is CC1(C)OB(c2cc[c-]c(-c3nccc4ccccc34)c2)OC1(C)C.[Ir]. The van der Waals surface area contributed by atoms with Crippen LogP contribution in [0.4, 0.5) is 0 Å². The third kappa shape index (κ3) is 3.25. The van der Waals surface area contributed by atoms with E-state index >= 15 is 0 Å². The van der Waals surface area contributed by atoms with Gasteiger partial charge in [-0.2, -0.15) is 0 Å². The molecular formula is C21H21BIrNO2-. The van der Waals surface area contributed by atoms with Crippen molar-refractivity contribution in [1.29, 1.82) is 0 Å². The van der Waals surface area contributed by atoms with Crippen molar-refractivity contribution in [2.75, 3.05) is 0 Å². The van der Waals surface area contributed by atoms with Crippen molar-refractivity contribution >= 4 is 23.4 Å². The van der Waals surface area contributed by atoms with Crippen LogP contribution in [-0.4, -0.2) is 23.3 Å². The monoisotopic (exact) mass is 523 g/mol. The molecule has 0 bridgehead atoms. The molecule has 3 aromatic rings. The molecule has 4 rings (SSSR count). The molecule has 1 aliphatic rings. The van der Waals surface area contributed by atoms with E-state index in [0.29, 0.717) is 0 Å². The van der Waals surface area contributed by atoms with Crippen LogP contribution in [0.1, 0.15) is 27.7 Å². The van der Waals surface area contributed by atoms with Crippen molar-refractivity contribution in [3.8, 4) is 11.3 Å². The molecule has 2 heterocycles. The standard InChI is InChI=1S/C21H21BNO2.Ir/c1-20(2)21(3,4)25-22(24-20)17-10-7-9-16(14-17)19-18-11-6-5-8-15(18)12-13-23-19;/h5-8,10-14H,1-4H3;/q-1;. The number of hydrogen-bond donors (Lipinski definition) is 0. The molecule has 0 amide bonds. The van der Waals surface area contributed by atoms with Crippen molar-refractivity contribution in [3.63, 3.8) is 0 Å². The maximum absolute atomic E-state index is 6.17. The first kappa shape index (κ1) is 19.3. The Kier molecular flexibility index (Phi) is 5.11. The molecule has 1 aliphatic heterocycles. The van der Waals surface area contributed by atoms with Crippen molar-refractivity contribution in [3.05, 3.63) is 60.8 Å². The van der Waals surface area contributed by atoms with Crippen LogP contribution >= 0.6 is 0 Å². The van der Waals surface area contributed by atoms with Gasteiger partial charge >= 0.3 is 7.12 Å². The second-order valence-electron chi connectivity index (χ2n) is 7.50. The maximum atomic E-state index is 6.17. The second-order valence-corrected chi connectivity index (χ2v) is 7.50. The Bertz CT molecular complexity index is 921. The predicted molar refractivity (Wildman–Crippen MR) is 102 cm³/mol. The fourth-order valence-electron chi connectivity index (χ4n) is 3.08. The summed E-state index contributed by atoms with van der Waals surface area (Å²) in [5.74, 6) is 0. The Morgan fingerprint density at radius 2 is 1.65 bits per heavy atom. The summed E-state index contributed by atoms with van der Waals surface area (Å²) in [5.41, 5.74) is 2.16. The van der Waals surface area contributed by atoms with E-state index in [1.165, 1.54) is 5.39 Å². The minimum absolute atomic E-state index is 0. The maximum Gasteiger partial charge on any atom is 0.475 e. The zero-order valence-electron chi connectivity index (χ0n) is 15.4. The quantitative estimate of drug-likeness (QED) is 0.377. The third-order valence-corrected chi connectivity index (χ3v) is 5.28. The van der Waals surface area contributed by atoms with Crippen molar-refractivity contribution in [2.24, 2.45) is 0 Å². The van der Waals surface area contributed by atoms with E-state index in [4.69, 9.17) is 9.31 Å². The van der Waals surface area contributed by atoms with Crippen molar-refractivity contribution in [1.82, 2.24) is 4.98 Å². The van der Waals surface area contributed by atoms with E-state index in [0.717, 1.165) is 22.1 Å². The van der Waals surface area contributed by atoms with Gasteiger partial charge < -0.3 is 14.3 Å². The van der Waals surface area contributed by atoms with Crippen LogP contribution in [0.2, 0.25) is 0 Å². The minimum atomic E-state index is -0.381. The Hall–Kier alpha value is -1.52. The molecule has 1 radical (unpaired) electrons. The summed E-state index contributed by atoms with van der Waals surface area (Å²) in [6.07, 6.45) is 1.84. The van der Waals surface area contributed by atoms with Gasteiger partial charge in [-0.3, -0.25) is 0 Å². The van der Waals surface area contributed by atoms with Gasteiger partial charge in [-0.05, 0) is 50.2 Å². The zero-order valence-corrected chi connectivity index (χ0v) is 17.8. The van der Waals surface area contributed by atoms with Crippen LogP contribution in [-0.2, 0) is 29.4 Å². The molecule has 5 heteroatoms. The molecule has 1 fully saturated rings. The molecule has 0 atom stereocenters. The summed E-state index contributed by atoms with van der Waals surface area (Å²) in [6, 6.07) is 19.6. The topological polar surface area (TPSA) is 31.4 Å². The summed E-state index contributed by atoms with van der Waals surface area (Å²) in [6.45, 7) is 8.26. The fourth-order valence-corrected chi connectivity index (χ4v) is 3.08. The van der Waals surface area contributed by atoms with Crippen LogP contribution in [0.15, 0.2) is 54.7 Å². The smallest absolute Gasteiger partial charge is 0.400 e. The molecule has 0 N–H and O–H groups in total. The van der Waals surface area contributed by atoms with Gasteiger partial charge in [0.25, 0.3) is 0 Å². The molecule has 0 spiro atoms. The van der Waals surface area contributed by atoms with E-state index in [-0.39, 0.29) is 38.4 Å². The van der Waals surface area contributed by atoms with Gasteiger partial charge in [0.1, 0.15) is 0 Å². The van der Waals surface area contributed by atoms with Crippen molar-refractivity contribution < 1.29 is 29.4 Å². The molecule has 1 saturated heterocycles. The molecule has 26 heavy (non-hydrogen) atoms. The van der Waals surface area contributed by atoms with Gasteiger partial charge in [-0.25, -0.2) is 0 Å². The molecule has 0 unspecified atom stereocenters. The van der Waals surface area contributed by atoms with Gasteiger partial charge in [0.05, 0.1) is 11.2 Å². The first-order chi connectivity index (χ1) is 11.9. The average Bonchev–Trinajstić information content (AvgIpc) is 2.82. The number of rotatable bonds is 2.